The summed E-state index contributed by atoms with van der Waals surface area (Å²) in [5.41, 5.74) is 0.589. The lowest BCUT2D eigenvalue weighted by atomic mass is 10.1. The molecule has 1 aromatic carbocycles. The normalized spacial score (nSPS) is 13.4. The summed E-state index contributed by atoms with van der Waals surface area (Å²) in [5, 5.41) is 7.90. The molecule has 0 aliphatic carbocycles. The van der Waals surface area contributed by atoms with Gasteiger partial charge in [-0.15, -0.1) is 0 Å². The van der Waals surface area contributed by atoms with E-state index in [0.29, 0.717) is 12.0 Å². The van der Waals surface area contributed by atoms with Crippen molar-refractivity contribution in [3.63, 3.8) is 0 Å². The molecule has 0 saturated carbocycles. The molecule has 1 N–H and O–H groups in total. The standard InChI is InChI=1S/C13H19FO4S/c1-2-13(11-3-5-12(14)6-4-11)19(16,17)10-9-18-8-7-15/h3-6,13,15H,2,7-10H2,1H3. The number of rotatable bonds is 8. The Morgan fingerprint density at radius 3 is 2.42 bits per heavy atom. The first kappa shape index (κ1) is 16.1. The molecule has 6 heteroatoms. The van der Waals surface area contributed by atoms with Crippen molar-refractivity contribution in [1.29, 1.82) is 0 Å². The highest BCUT2D eigenvalue weighted by Gasteiger charge is 2.25. The van der Waals surface area contributed by atoms with Crippen LogP contribution in [-0.2, 0) is 14.6 Å². The molecule has 19 heavy (non-hydrogen) atoms. The molecule has 0 aliphatic heterocycles. The van der Waals surface area contributed by atoms with Gasteiger partial charge in [0.25, 0.3) is 0 Å². The van der Waals surface area contributed by atoms with Gasteiger partial charge in [-0.1, -0.05) is 19.1 Å². The van der Waals surface area contributed by atoms with E-state index in [-0.39, 0.29) is 31.4 Å². The van der Waals surface area contributed by atoms with E-state index in [9.17, 15) is 12.8 Å². The van der Waals surface area contributed by atoms with Gasteiger partial charge in [-0.05, 0) is 24.1 Å². The predicted molar refractivity (Wildman–Crippen MR) is 71.1 cm³/mol. The van der Waals surface area contributed by atoms with Crippen molar-refractivity contribution in [2.24, 2.45) is 0 Å². The zero-order valence-corrected chi connectivity index (χ0v) is 11.7. The van der Waals surface area contributed by atoms with Crippen LogP contribution in [0.1, 0.15) is 24.2 Å². The van der Waals surface area contributed by atoms with Gasteiger partial charge < -0.3 is 9.84 Å². The summed E-state index contributed by atoms with van der Waals surface area (Å²) < 4.78 is 42.2. The summed E-state index contributed by atoms with van der Waals surface area (Å²) in [6.07, 6.45) is 0.425. The van der Waals surface area contributed by atoms with Crippen LogP contribution in [0.15, 0.2) is 24.3 Å². The van der Waals surface area contributed by atoms with E-state index >= 15 is 0 Å². The number of benzene rings is 1. The smallest absolute Gasteiger partial charge is 0.159 e. The zero-order valence-electron chi connectivity index (χ0n) is 10.9. The van der Waals surface area contributed by atoms with Crippen molar-refractivity contribution in [1.82, 2.24) is 0 Å². The van der Waals surface area contributed by atoms with Crippen LogP contribution in [-0.4, -0.2) is 39.1 Å². The number of hydrogen-bond acceptors (Lipinski definition) is 4. The van der Waals surface area contributed by atoms with Gasteiger partial charge in [0.15, 0.2) is 9.84 Å². The van der Waals surface area contributed by atoms with E-state index in [1.807, 2.05) is 0 Å². The first-order chi connectivity index (χ1) is 9.01. The van der Waals surface area contributed by atoms with Gasteiger partial charge in [-0.3, -0.25) is 0 Å². The highest BCUT2D eigenvalue weighted by Crippen LogP contribution is 2.26. The lowest BCUT2D eigenvalue weighted by molar-refractivity contribution is 0.103. The maximum Gasteiger partial charge on any atom is 0.159 e. The van der Waals surface area contributed by atoms with Crippen molar-refractivity contribution < 1.29 is 22.7 Å². The molecule has 4 nitrogen and oxygen atoms in total. The molecule has 0 aliphatic rings. The second-order valence-electron chi connectivity index (χ2n) is 4.15. The average molecular weight is 290 g/mol. The number of aliphatic hydroxyl groups excluding tert-OH is 1. The number of ether oxygens (including phenoxy) is 1. The summed E-state index contributed by atoms with van der Waals surface area (Å²) in [6, 6.07) is 5.51. The van der Waals surface area contributed by atoms with Crippen molar-refractivity contribution in [3.05, 3.63) is 35.6 Å². The third kappa shape index (κ3) is 4.89. The monoisotopic (exact) mass is 290 g/mol. The summed E-state index contributed by atoms with van der Waals surface area (Å²) >= 11 is 0. The van der Waals surface area contributed by atoms with Crippen LogP contribution in [0.5, 0.6) is 0 Å². The van der Waals surface area contributed by atoms with Gasteiger partial charge in [0.05, 0.1) is 30.8 Å². The van der Waals surface area contributed by atoms with E-state index in [1.165, 1.54) is 24.3 Å². The fourth-order valence-electron chi connectivity index (χ4n) is 1.86. The van der Waals surface area contributed by atoms with E-state index in [0.717, 1.165) is 0 Å². The van der Waals surface area contributed by atoms with Crippen LogP contribution < -0.4 is 0 Å². The Hall–Kier alpha value is -0.980. The highest BCUT2D eigenvalue weighted by molar-refractivity contribution is 7.91. The Morgan fingerprint density at radius 1 is 1.26 bits per heavy atom. The lowest BCUT2D eigenvalue weighted by Gasteiger charge is -2.16. The van der Waals surface area contributed by atoms with Crippen LogP contribution in [0, 0.1) is 5.82 Å². The molecular formula is C13H19FO4S. The molecule has 0 radical (unpaired) electrons. The molecule has 0 amide bonds. The van der Waals surface area contributed by atoms with E-state index in [2.05, 4.69) is 0 Å². The first-order valence-electron chi connectivity index (χ1n) is 6.17. The van der Waals surface area contributed by atoms with Gasteiger partial charge >= 0.3 is 0 Å². The first-order valence-corrected chi connectivity index (χ1v) is 7.88. The Labute approximate surface area is 113 Å². The molecule has 0 fully saturated rings. The lowest BCUT2D eigenvalue weighted by Crippen LogP contribution is -2.20. The Kier molecular flexibility index (Phi) is 6.41. The number of hydrogen-bond donors (Lipinski definition) is 1. The maximum absolute atomic E-state index is 12.8. The predicted octanol–water partition coefficient (Wildman–Crippen LogP) is 1.70. The summed E-state index contributed by atoms with van der Waals surface area (Å²) in [4.78, 5) is 0. The third-order valence-corrected chi connectivity index (χ3v) is 5.00. The van der Waals surface area contributed by atoms with Crippen LogP contribution >= 0.6 is 0 Å². The Balaban J connectivity index is 2.75. The quantitative estimate of drug-likeness (QED) is 0.740. The molecule has 1 atom stereocenters. The summed E-state index contributed by atoms with van der Waals surface area (Å²) in [6.45, 7) is 1.83. The van der Waals surface area contributed by atoms with Crippen LogP contribution in [0.3, 0.4) is 0 Å². The molecule has 0 spiro atoms. The minimum absolute atomic E-state index is 0.0561. The van der Waals surface area contributed by atoms with Crippen molar-refractivity contribution >= 4 is 9.84 Å². The average Bonchev–Trinajstić information content (AvgIpc) is 2.37. The molecule has 0 saturated heterocycles. The molecule has 1 unspecified atom stereocenters. The fourth-order valence-corrected chi connectivity index (χ4v) is 3.57. The topological polar surface area (TPSA) is 63.6 Å². The second-order valence-corrected chi connectivity index (χ2v) is 6.45. The van der Waals surface area contributed by atoms with Gasteiger partial charge in [-0.2, -0.15) is 0 Å². The SMILES string of the molecule is CCC(c1ccc(F)cc1)S(=O)(=O)CCOCCO. The van der Waals surface area contributed by atoms with Crippen molar-refractivity contribution in [2.75, 3.05) is 25.6 Å². The molecule has 0 heterocycles. The molecule has 1 rings (SSSR count). The van der Waals surface area contributed by atoms with Gasteiger partial charge in [0.2, 0.25) is 0 Å². The Morgan fingerprint density at radius 2 is 1.89 bits per heavy atom. The van der Waals surface area contributed by atoms with Gasteiger partial charge in [0.1, 0.15) is 5.82 Å². The van der Waals surface area contributed by atoms with E-state index in [4.69, 9.17) is 9.84 Å². The maximum atomic E-state index is 12.8. The number of aliphatic hydroxyl groups is 1. The molecule has 108 valence electrons. The number of halogens is 1. The second kappa shape index (κ2) is 7.57. The highest BCUT2D eigenvalue weighted by atomic mass is 32.2. The van der Waals surface area contributed by atoms with Crippen LogP contribution in [0.4, 0.5) is 4.39 Å². The number of sulfone groups is 1. The molecule has 0 bridgehead atoms. The minimum atomic E-state index is -3.35. The molecule has 0 aromatic heterocycles. The minimum Gasteiger partial charge on any atom is -0.394 e. The van der Waals surface area contributed by atoms with E-state index in [1.54, 1.807) is 6.92 Å². The van der Waals surface area contributed by atoms with Gasteiger partial charge in [0, 0.05) is 0 Å². The van der Waals surface area contributed by atoms with Crippen molar-refractivity contribution in [3.8, 4) is 0 Å². The Bertz CT molecular complexity index is 470. The van der Waals surface area contributed by atoms with Crippen molar-refractivity contribution in [2.45, 2.75) is 18.6 Å². The summed E-state index contributed by atoms with van der Waals surface area (Å²) in [7, 11) is -3.35. The third-order valence-electron chi connectivity index (χ3n) is 2.79. The molecule has 1 aromatic rings. The van der Waals surface area contributed by atoms with Crippen LogP contribution in [0.25, 0.3) is 0 Å². The fraction of sp³-hybridized carbons (Fsp3) is 0.538. The zero-order chi connectivity index (χ0) is 14.3. The largest absolute Gasteiger partial charge is 0.394 e. The van der Waals surface area contributed by atoms with Crippen LogP contribution in [0.2, 0.25) is 0 Å². The van der Waals surface area contributed by atoms with Gasteiger partial charge in [-0.25, -0.2) is 12.8 Å². The van der Waals surface area contributed by atoms with E-state index < -0.39 is 15.1 Å². The summed E-state index contributed by atoms with van der Waals surface area (Å²) in [5.74, 6) is -0.495. The molecular weight excluding hydrogens is 271 g/mol.